The summed E-state index contributed by atoms with van der Waals surface area (Å²) >= 11 is 0. The predicted molar refractivity (Wildman–Crippen MR) is 84.3 cm³/mol. The van der Waals surface area contributed by atoms with Gasteiger partial charge in [-0.25, -0.2) is 0 Å². The summed E-state index contributed by atoms with van der Waals surface area (Å²) in [6.45, 7) is 5.27. The van der Waals surface area contributed by atoms with E-state index < -0.39 is 0 Å². The smallest absolute Gasteiger partial charge is 0.119 e. The van der Waals surface area contributed by atoms with Gasteiger partial charge in [-0.15, -0.1) is 0 Å². The Labute approximate surface area is 121 Å². The molecule has 2 aromatic carbocycles. The fourth-order valence-electron chi connectivity index (χ4n) is 2.57. The van der Waals surface area contributed by atoms with E-state index in [2.05, 4.69) is 55.6 Å². The molecular weight excluding hydrogens is 246 g/mol. The highest BCUT2D eigenvalue weighted by molar-refractivity contribution is 5.40. The number of hydrogen-bond acceptors (Lipinski definition) is 2. The predicted octanol–water partition coefficient (Wildman–Crippen LogP) is 3.96. The van der Waals surface area contributed by atoms with Gasteiger partial charge in [0.05, 0.1) is 13.2 Å². The normalized spacial score (nSPS) is 12.2. The minimum Gasteiger partial charge on any atom is -0.497 e. The van der Waals surface area contributed by atoms with Crippen molar-refractivity contribution in [3.8, 4) is 5.75 Å². The summed E-state index contributed by atoms with van der Waals surface area (Å²) in [4.78, 5) is 0. The lowest BCUT2D eigenvalue weighted by atomic mass is 9.93. The zero-order valence-corrected chi connectivity index (χ0v) is 12.5. The van der Waals surface area contributed by atoms with E-state index in [4.69, 9.17) is 4.74 Å². The third-order valence-electron chi connectivity index (χ3n) is 3.58. The molecule has 2 aromatic rings. The fraction of sp³-hybridized carbons (Fsp3) is 0.333. The van der Waals surface area contributed by atoms with Gasteiger partial charge in [-0.05, 0) is 41.8 Å². The minimum absolute atomic E-state index is 0.214. The number of ether oxygens (including phenoxy) is 1. The van der Waals surface area contributed by atoms with E-state index in [0.29, 0.717) is 0 Å². The Morgan fingerprint density at radius 1 is 1.05 bits per heavy atom. The molecule has 0 saturated carbocycles. The van der Waals surface area contributed by atoms with Crippen molar-refractivity contribution in [3.05, 3.63) is 65.2 Å². The first kappa shape index (κ1) is 14.6. The molecule has 106 valence electrons. The molecular formula is C18H23NO. The molecule has 2 nitrogen and oxygen atoms in total. The van der Waals surface area contributed by atoms with Gasteiger partial charge in [0.15, 0.2) is 0 Å². The number of rotatable bonds is 6. The van der Waals surface area contributed by atoms with Crippen molar-refractivity contribution in [2.45, 2.75) is 26.3 Å². The van der Waals surface area contributed by atoms with Crippen molar-refractivity contribution in [1.82, 2.24) is 5.32 Å². The van der Waals surface area contributed by atoms with E-state index in [1.54, 1.807) is 7.11 Å². The zero-order valence-electron chi connectivity index (χ0n) is 12.5. The lowest BCUT2D eigenvalue weighted by Gasteiger charge is -2.22. The third kappa shape index (κ3) is 3.20. The van der Waals surface area contributed by atoms with E-state index in [9.17, 15) is 0 Å². The Morgan fingerprint density at radius 3 is 2.55 bits per heavy atom. The molecule has 0 radical (unpaired) electrons. The first-order chi connectivity index (χ1) is 9.80. The highest BCUT2D eigenvalue weighted by Crippen LogP contribution is 2.27. The SMILES string of the molecule is CCNC(c1cccc(OC)c1)c1ccccc1CC. The number of hydrogen-bond donors (Lipinski definition) is 1. The second-order valence-corrected chi connectivity index (χ2v) is 4.82. The summed E-state index contributed by atoms with van der Waals surface area (Å²) < 4.78 is 5.35. The highest BCUT2D eigenvalue weighted by Gasteiger charge is 2.16. The molecule has 20 heavy (non-hydrogen) atoms. The van der Waals surface area contributed by atoms with Crippen LogP contribution in [0.4, 0.5) is 0 Å². The second-order valence-electron chi connectivity index (χ2n) is 4.82. The molecule has 0 aliphatic carbocycles. The van der Waals surface area contributed by atoms with Crippen molar-refractivity contribution < 1.29 is 4.74 Å². The Kier molecular flexibility index (Phi) is 5.19. The largest absolute Gasteiger partial charge is 0.497 e. The van der Waals surface area contributed by atoms with Gasteiger partial charge in [0, 0.05) is 0 Å². The monoisotopic (exact) mass is 269 g/mol. The Balaban J connectivity index is 2.44. The molecule has 0 aromatic heterocycles. The molecule has 0 aliphatic rings. The van der Waals surface area contributed by atoms with Crippen LogP contribution in [0.25, 0.3) is 0 Å². The maximum Gasteiger partial charge on any atom is 0.119 e. The summed E-state index contributed by atoms with van der Waals surface area (Å²) in [5, 5.41) is 3.59. The lowest BCUT2D eigenvalue weighted by molar-refractivity contribution is 0.413. The quantitative estimate of drug-likeness (QED) is 0.857. The fourth-order valence-corrected chi connectivity index (χ4v) is 2.57. The molecule has 0 aliphatic heterocycles. The lowest BCUT2D eigenvalue weighted by Crippen LogP contribution is -2.23. The van der Waals surface area contributed by atoms with Gasteiger partial charge >= 0.3 is 0 Å². The van der Waals surface area contributed by atoms with Crippen LogP contribution in [0, 0.1) is 0 Å². The van der Waals surface area contributed by atoms with Crippen molar-refractivity contribution in [2.75, 3.05) is 13.7 Å². The molecule has 1 unspecified atom stereocenters. The standard InChI is InChI=1S/C18H23NO/c1-4-14-9-6-7-12-17(14)18(19-5-2)15-10-8-11-16(13-15)20-3/h6-13,18-19H,4-5H2,1-3H3. The van der Waals surface area contributed by atoms with Crippen LogP contribution >= 0.6 is 0 Å². The van der Waals surface area contributed by atoms with Gasteiger partial charge in [0.2, 0.25) is 0 Å². The van der Waals surface area contributed by atoms with Crippen molar-refractivity contribution in [2.24, 2.45) is 0 Å². The summed E-state index contributed by atoms with van der Waals surface area (Å²) in [7, 11) is 1.71. The molecule has 1 atom stereocenters. The minimum atomic E-state index is 0.214. The van der Waals surface area contributed by atoms with Gasteiger partial charge in [0.1, 0.15) is 5.75 Å². The Bertz CT molecular complexity index is 551. The van der Waals surface area contributed by atoms with E-state index in [1.165, 1.54) is 16.7 Å². The molecule has 0 amide bonds. The number of aryl methyl sites for hydroxylation is 1. The van der Waals surface area contributed by atoms with Gasteiger partial charge in [-0.2, -0.15) is 0 Å². The van der Waals surface area contributed by atoms with Crippen molar-refractivity contribution in [1.29, 1.82) is 0 Å². The second kappa shape index (κ2) is 7.11. The average molecular weight is 269 g/mol. The van der Waals surface area contributed by atoms with E-state index in [-0.39, 0.29) is 6.04 Å². The first-order valence-electron chi connectivity index (χ1n) is 7.25. The zero-order chi connectivity index (χ0) is 14.4. The van der Waals surface area contributed by atoms with Crippen LogP contribution in [0.2, 0.25) is 0 Å². The average Bonchev–Trinajstić information content (AvgIpc) is 2.52. The Morgan fingerprint density at radius 2 is 1.85 bits per heavy atom. The summed E-state index contributed by atoms with van der Waals surface area (Å²) in [5.41, 5.74) is 3.98. The first-order valence-corrected chi connectivity index (χ1v) is 7.25. The molecule has 0 fully saturated rings. The van der Waals surface area contributed by atoms with Gasteiger partial charge in [0.25, 0.3) is 0 Å². The van der Waals surface area contributed by atoms with Gasteiger partial charge in [-0.3, -0.25) is 0 Å². The summed E-state index contributed by atoms with van der Waals surface area (Å²) in [6, 6.07) is 17.2. The van der Waals surface area contributed by atoms with Crippen LogP contribution in [0.3, 0.4) is 0 Å². The molecule has 0 spiro atoms. The van der Waals surface area contributed by atoms with E-state index in [1.807, 2.05) is 12.1 Å². The van der Waals surface area contributed by atoms with Gasteiger partial charge in [-0.1, -0.05) is 50.2 Å². The summed E-state index contributed by atoms with van der Waals surface area (Å²) in [5.74, 6) is 0.902. The number of nitrogens with one attached hydrogen (secondary N) is 1. The molecule has 2 rings (SSSR count). The number of benzene rings is 2. The van der Waals surface area contributed by atoms with Crippen LogP contribution < -0.4 is 10.1 Å². The topological polar surface area (TPSA) is 21.3 Å². The van der Waals surface area contributed by atoms with Crippen LogP contribution in [-0.4, -0.2) is 13.7 Å². The molecule has 0 heterocycles. The van der Waals surface area contributed by atoms with Crippen LogP contribution in [0.15, 0.2) is 48.5 Å². The maximum atomic E-state index is 5.35. The Hall–Kier alpha value is -1.80. The molecule has 2 heteroatoms. The van der Waals surface area contributed by atoms with Gasteiger partial charge < -0.3 is 10.1 Å². The maximum absolute atomic E-state index is 5.35. The van der Waals surface area contributed by atoms with Crippen LogP contribution in [0.1, 0.15) is 36.6 Å². The number of methoxy groups -OCH3 is 1. The summed E-state index contributed by atoms with van der Waals surface area (Å²) in [6.07, 6.45) is 1.04. The van der Waals surface area contributed by atoms with Crippen molar-refractivity contribution in [3.63, 3.8) is 0 Å². The van der Waals surface area contributed by atoms with Crippen LogP contribution in [-0.2, 0) is 6.42 Å². The van der Waals surface area contributed by atoms with E-state index in [0.717, 1.165) is 18.7 Å². The van der Waals surface area contributed by atoms with E-state index >= 15 is 0 Å². The van der Waals surface area contributed by atoms with Crippen molar-refractivity contribution >= 4 is 0 Å². The molecule has 0 bridgehead atoms. The third-order valence-corrected chi connectivity index (χ3v) is 3.58. The highest BCUT2D eigenvalue weighted by atomic mass is 16.5. The molecule has 1 N–H and O–H groups in total. The molecule has 0 saturated heterocycles. The van der Waals surface area contributed by atoms with Crippen LogP contribution in [0.5, 0.6) is 5.75 Å².